The number of nitrogens with zero attached hydrogens (tertiary/aromatic N) is 4. The second kappa shape index (κ2) is 11.8. The number of nitrogens with one attached hydrogen (secondary N) is 2. The molecule has 4 heterocycles. The van der Waals surface area contributed by atoms with Crippen molar-refractivity contribution in [2.75, 3.05) is 38.5 Å². The minimum atomic E-state index is -4.80. The molecule has 2 fully saturated rings. The van der Waals surface area contributed by atoms with Gasteiger partial charge in [-0.2, -0.15) is 22.6 Å². The smallest absolute Gasteiger partial charge is 0.341 e. The zero-order chi connectivity index (χ0) is 31.1. The summed E-state index contributed by atoms with van der Waals surface area (Å²) in [6.07, 6.45) is -1.55. The Labute approximate surface area is 248 Å². The number of rotatable bonds is 5. The first-order valence-corrected chi connectivity index (χ1v) is 15.7. The highest BCUT2D eigenvalue weighted by Gasteiger charge is 2.42. The van der Waals surface area contributed by atoms with Gasteiger partial charge in [0.05, 0.1) is 16.0 Å². The van der Waals surface area contributed by atoms with Gasteiger partial charge in [-0.15, -0.1) is 0 Å². The number of alkyl halides is 3. The Bertz CT molecular complexity index is 1610. The van der Waals surface area contributed by atoms with Crippen LogP contribution in [0.5, 0.6) is 0 Å². The van der Waals surface area contributed by atoms with Crippen molar-refractivity contribution in [3.8, 4) is 0 Å². The number of hydrogen-bond acceptors (Lipinski definition) is 5. The quantitative estimate of drug-likeness (QED) is 0.426. The average molecular weight is 621 g/mol. The number of aromatic nitrogens is 2. The van der Waals surface area contributed by atoms with Gasteiger partial charge in [-0.25, -0.2) is 17.7 Å². The molecule has 5 rings (SSSR count). The van der Waals surface area contributed by atoms with Gasteiger partial charge >= 0.3 is 12.2 Å². The molecule has 0 radical (unpaired) electrons. The molecule has 2 atom stereocenters. The van der Waals surface area contributed by atoms with Crippen LogP contribution < -0.4 is 10.6 Å². The molecular formula is C29H35F3N6O4S. The van der Waals surface area contributed by atoms with Crippen molar-refractivity contribution in [1.29, 1.82) is 0 Å². The molecule has 2 N–H and O–H groups in total. The number of halogens is 3. The van der Waals surface area contributed by atoms with Crippen LogP contribution in [0, 0.1) is 11.8 Å². The number of piperidine rings is 2. The molecule has 2 aliphatic rings. The Hall–Kier alpha value is -3.65. The molecule has 1 aromatic carbocycles. The SMILES string of the molecule is CNC(=O)Nc1ccc(S(=O)(=O)N2CCC(c3ccn4nc(C(F)(F)F)c(C(=O)N5CC(C)CC(C)C5)c4c3)CC2)cc1. The van der Waals surface area contributed by atoms with E-state index in [0.29, 0.717) is 31.6 Å². The third kappa shape index (κ3) is 6.35. The van der Waals surface area contributed by atoms with Crippen molar-refractivity contribution in [3.05, 3.63) is 59.4 Å². The number of hydrogen-bond donors (Lipinski definition) is 2. The molecule has 0 spiro atoms. The van der Waals surface area contributed by atoms with Crippen molar-refractivity contribution < 1.29 is 31.2 Å². The van der Waals surface area contributed by atoms with Crippen LogP contribution in [-0.4, -0.2) is 72.4 Å². The van der Waals surface area contributed by atoms with Gasteiger partial charge in [-0.05, 0) is 79.0 Å². The monoisotopic (exact) mass is 620 g/mol. The molecule has 2 aliphatic heterocycles. The van der Waals surface area contributed by atoms with E-state index in [4.69, 9.17) is 0 Å². The molecule has 14 heteroatoms. The predicted molar refractivity (Wildman–Crippen MR) is 154 cm³/mol. The number of carbonyl (C=O) groups is 2. The summed E-state index contributed by atoms with van der Waals surface area (Å²) in [5.74, 6) is -0.427. The van der Waals surface area contributed by atoms with E-state index >= 15 is 0 Å². The summed E-state index contributed by atoms with van der Waals surface area (Å²) in [4.78, 5) is 26.7. The Kier molecular flexibility index (Phi) is 8.45. The van der Waals surface area contributed by atoms with Gasteiger partial charge in [0.2, 0.25) is 10.0 Å². The Morgan fingerprint density at radius 1 is 1.00 bits per heavy atom. The zero-order valence-corrected chi connectivity index (χ0v) is 25.0. The number of sulfonamides is 1. The van der Waals surface area contributed by atoms with E-state index in [1.54, 1.807) is 12.1 Å². The van der Waals surface area contributed by atoms with Crippen LogP contribution in [0.4, 0.5) is 23.7 Å². The van der Waals surface area contributed by atoms with Crippen LogP contribution in [0.25, 0.3) is 5.52 Å². The number of urea groups is 1. The maximum atomic E-state index is 14.1. The predicted octanol–water partition coefficient (Wildman–Crippen LogP) is 4.79. The second-order valence-electron chi connectivity index (χ2n) is 11.6. The number of likely N-dealkylation sites (tertiary alicyclic amines) is 1. The van der Waals surface area contributed by atoms with E-state index in [1.165, 1.54) is 46.7 Å². The fraction of sp³-hybridized carbons (Fsp3) is 0.483. The normalized spacial score (nSPS) is 20.7. The van der Waals surface area contributed by atoms with Gasteiger partial charge in [0.25, 0.3) is 5.91 Å². The summed E-state index contributed by atoms with van der Waals surface area (Å²) in [5, 5.41) is 8.76. The summed E-state index contributed by atoms with van der Waals surface area (Å²) in [6, 6.07) is 8.74. The molecule has 3 amide bonds. The molecule has 10 nitrogen and oxygen atoms in total. The summed E-state index contributed by atoms with van der Waals surface area (Å²) in [6.45, 7) is 5.19. The van der Waals surface area contributed by atoms with Crippen LogP contribution in [0.15, 0.2) is 47.5 Å². The number of pyridine rings is 1. The van der Waals surface area contributed by atoms with Crippen LogP contribution in [-0.2, 0) is 16.2 Å². The summed E-state index contributed by atoms with van der Waals surface area (Å²) >= 11 is 0. The van der Waals surface area contributed by atoms with Crippen LogP contribution in [0.3, 0.4) is 0 Å². The number of benzene rings is 1. The third-order valence-corrected chi connectivity index (χ3v) is 10.1. The Morgan fingerprint density at radius 3 is 2.21 bits per heavy atom. The van der Waals surface area contributed by atoms with Crippen molar-refractivity contribution in [3.63, 3.8) is 0 Å². The van der Waals surface area contributed by atoms with Gasteiger partial charge in [-0.3, -0.25) is 4.79 Å². The number of anilines is 1. The molecule has 2 aromatic heterocycles. The van der Waals surface area contributed by atoms with Crippen LogP contribution in [0.1, 0.15) is 60.6 Å². The standard InChI is InChI=1S/C29H35F3N6O4S/c1-18-14-19(2)17-36(16-18)27(39)25-24-15-21(10-13-38(24)35-26(25)29(30,31)32)20-8-11-37(12-9-20)43(41,42)23-6-4-22(5-7-23)34-28(40)33-3/h4-7,10,13,15,18-20H,8-9,11-12,14,16-17H2,1-3H3,(H2,33,34,40). The fourth-order valence-corrected chi connectivity index (χ4v) is 7.66. The molecular weight excluding hydrogens is 585 g/mol. The highest BCUT2D eigenvalue weighted by molar-refractivity contribution is 7.89. The second-order valence-corrected chi connectivity index (χ2v) is 13.5. The molecule has 232 valence electrons. The van der Waals surface area contributed by atoms with E-state index in [-0.39, 0.29) is 41.3 Å². The molecule has 2 unspecified atom stereocenters. The lowest BCUT2D eigenvalue weighted by Gasteiger charge is -2.35. The van der Waals surface area contributed by atoms with E-state index in [9.17, 15) is 31.2 Å². The van der Waals surface area contributed by atoms with E-state index in [1.807, 2.05) is 13.8 Å². The van der Waals surface area contributed by atoms with Gasteiger partial charge in [-0.1, -0.05) is 13.8 Å². The third-order valence-electron chi connectivity index (χ3n) is 8.20. The van der Waals surface area contributed by atoms with Crippen molar-refractivity contribution >= 4 is 33.2 Å². The summed E-state index contributed by atoms with van der Waals surface area (Å²) < 4.78 is 71.3. The lowest BCUT2D eigenvalue weighted by atomic mass is 9.90. The van der Waals surface area contributed by atoms with E-state index < -0.39 is 39.4 Å². The van der Waals surface area contributed by atoms with Crippen LogP contribution in [0.2, 0.25) is 0 Å². The van der Waals surface area contributed by atoms with Crippen molar-refractivity contribution in [1.82, 2.24) is 24.1 Å². The Balaban J connectivity index is 1.36. The fourth-order valence-electron chi connectivity index (χ4n) is 6.19. The van der Waals surface area contributed by atoms with E-state index in [2.05, 4.69) is 15.7 Å². The van der Waals surface area contributed by atoms with Gasteiger partial charge in [0.1, 0.15) is 0 Å². The Morgan fingerprint density at radius 2 is 1.63 bits per heavy atom. The van der Waals surface area contributed by atoms with E-state index in [0.717, 1.165) is 16.5 Å². The molecule has 3 aromatic rings. The van der Waals surface area contributed by atoms with Crippen LogP contribution >= 0.6 is 0 Å². The zero-order valence-electron chi connectivity index (χ0n) is 24.2. The minimum Gasteiger partial charge on any atom is -0.341 e. The first-order chi connectivity index (χ1) is 20.3. The summed E-state index contributed by atoms with van der Waals surface area (Å²) in [7, 11) is -2.32. The number of carbonyl (C=O) groups excluding carboxylic acids is 2. The van der Waals surface area contributed by atoms with Crippen molar-refractivity contribution in [2.45, 2.75) is 50.1 Å². The number of fused-ring (bicyclic) bond motifs is 1. The van der Waals surface area contributed by atoms with Crippen molar-refractivity contribution in [2.24, 2.45) is 11.8 Å². The first-order valence-electron chi connectivity index (χ1n) is 14.3. The van der Waals surface area contributed by atoms with Gasteiger partial charge < -0.3 is 15.5 Å². The molecule has 0 bridgehead atoms. The molecule has 43 heavy (non-hydrogen) atoms. The molecule has 0 saturated carbocycles. The lowest BCUT2D eigenvalue weighted by Crippen LogP contribution is -2.43. The largest absolute Gasteiger partial charge is 0.436 e. The topological polar surface area (TPSA) is 116 Å². The first kappa shape index (κ1) is 30.8. The maximum Gasteiger partial charge on any atom is 0.436 e. The highest BCUT2D eigenvalue weighted by atomic mass is 32.2. The highest BCUT2D eigenvalue weighted by Crippen LogP contribution is 2.37. The maximum absolute atomic E-state index is 14.1. The molecule has 0 aliphatic carbocycles. The molecule has 2 saturated heterocycles. The average Bonchev–Trinajstić information content (AvgIpc) is 3.36. The van der Waals surface area contributed by atoms with Gasteiger partial charge in [0.15, 0.2) is 5.69 Å². The number of amides is 3. The lowest BCUT2D eigenvalue weighted by molar-refractivity contribution is -0.141. The summed E-state index contributed by atoms with van der Waals surface area (Å²) in [5.41, 5.74) is -0.357. The van der Waals surface area contributed by atoms with Gasteiger partial charge in [0, 0.05) is 45.1 Å². The minimum absolute atomic E-state index is 0.0956.